The maximum atomic E-state index is 6.32. The van der Waals surface area contributed by atoms with Crippen LogP contribution in [0.3, 0.4) is 0 Å². The van der Waals surface area contributed by atoms with Gasteiger partial charge in [0.2, 0.25) is 0 Å². The van der Waals surface area contributed by atoms with E-state index in [1.54, 1.807) is 0 Å². The van der Waals surface area contributed by atoms with Gasteiger partial charge in [0.1, 0.15) is 0 Å². The molecule has 19 heavy (non-hydrogen) atoms. The maximum Gasteiger partial charge on any atom is 0.428 e. The van der Waals surface area contributed by atoms with Crippen LogP contribution in [0.25, 0.3) is 0 Å². The fraction of sp³-hybridized carbons (Fsp3) is 1.00. The summed E-state index contributed by atoms with van der Waals surface area (Å²) in [7, 11) is -2.19. The molecular formula is C15H33NO2Si. The Hall–Kier alpha value is 0.0969. The molecule has 0 bridgehead atoms. The fourth-order valence-corrected chi connectivity index (χ4v) is 6.53. The summed E-state index contributed by atoms with van der Waals surface area (Å²) in [5, 5.41) is 0. The summed E-state index contributed by atoms with van der Waals surface area (Å²) >= 11 is 0. The number of nitrogens with one attached hydrogen (secondary N) is 1. The Morgan fingerprint density at radius 1 is 0.947 bits per heavy atom. The fourth-order valence-electron chi connectivity index (χ4n) is 2.78. The van der Waals surface area contributed by atoms with Gasteiger partial charge in [-0.3, -0.25) is 4.98 Å². The van der Waals surface area contributed by atoms with Crippen LogP contribution in [0.15, 0.2) is 0 Å². The molecule has 3 nitrogen and oxygen atoms in total. The lowest BCUT2D eigenvalue weighted by Crippen LogP contribution is -2.59. The molecule has 0 aromatic carbocycles. The Balaban J connectivity index is 2.67. The van der Waals surface area contributed by atoms with Crippen LogP contribution in [0.1, 0.15) is 72.1 Å². The van der Waals surface area contributed by atoms with Gasteiger partial charge >= 0.3 is 8.72 Å². The molecule has 114 valence electrons. The zero-order valence-electron chi connectivity index (χ0n) is 13.2. The zero-order chi connectivity index (χ0) is 14.0. The van der Waals surface area contributed by atoms with E-state index in [0.29, 0.717) is 5.54 Å². The van der Waals surface area contributed by atoms with Crippen LogP contribution in [-0.2, 0) is 8.85 Å². The van der Waals surface area contributed by atoms with E-state index in [0.717, 1.165) is 32.6 Å². The van der Waals surface area contributed by atoms with E-state index in [1.807, 2.05) is 0 Å². The second kappa shape index (κ2) is 9.92. The van der Waals surface area contributed by atoms with Gasteiger partial charge in [-0.05, 0) is 38.6 Å². The van der Waals surface area contributed by atoms with E-state index in [2.05, 4.69) is 25.8 Å². The molecule has 0 aromatic heterocycles. The van der Waals surface area contributed by atoms with Crippen LogP contribution in [-0.4, -0.2) is 28.5 Å². The number of unbranched alkanes of at least 4 members (excludes halogenated alkanes) is 1. The molecule has 0 atom stereocenters. The molecule has 1 fully saturated rings. The summed E-state index contributed by atoms with van der Waals surface area (Å²) < 4.78 is 12.6. The average molecular weight is 288 g/mol. The standard InChI is InChI=1S/C15H33NO2Si/c1-4-7-12-16-19(17-13-5-2,18-14-6-3)15-10-8-9-11-15/h15-16H,4-14H2,1-3H3. The SMILES string of the molecule is CCCCN[Si](OCCC)(OCCC)C1CCCC1. The molecule has 0 radical (unpaired) electrons. The molecule has 4 heteroatoms. The lowest BCUT2D eigenvalue weighted by Gasteiger charge is -2.35. The molecule has 0 aliphatic heterocycles. The molecule has 0 heterocycles. The number of hydrogen-bond acceptors (Lipinski definition) is 3. The van der Waals surface area contributed by atoms with E-state index >= 15 is 0 Å². The molecule has 0 unspecified atom stereocenters. The van der Waals surface area contributed by atoms with E-state index < -0.39 is 8.72 Å². The van der Waals surface area contributed by atoms with Crippen LogP contribution in [0.5, 0.6) is 0 Å². The monoisotopic (exact) mass is 287 g/mol. The molecule has 0 aromatic rings. The third-order valence-corrected chi connectivity index (χ3v) is 7.50. The van der Waals surface area contributed by atoms with Crippen LogP contribution in [0.2, 0.25) is 5.54 Å². The van der Waals surface area contributed by atoms with Gasteiger partial charge < -0.3 is 8.85 Å². The first-order chi connectivity index (χ1) is 9.29. The van der Waals surface area contributed by atoms with Crippen molar-refractivity contribution in [1.29, 1.82) is 0 Å². The predicted molar refractivity (Wildman–Crippen MR) is 83.4 cm³/mol. The Labute approximate surface area is 120 Å². The Morgan fingerprint density at radius 3 is 2.00 bits per heavy atom. The molecule has 1 N–H and O–H groups in total. The number of rotatable bonds is 11. The average Bonchev–Trinajstić information content (AvgIpc) is 2.96. The third kappa shape index (κ3) is 5.54. The molecule has 0 amide bonds. The lowest BCUT2D eigenvalue weighted by molar-refractivity contribution is 0.146. The summed E-state index contributed by atoms with van der Waals surface area (Å²) in [5.41, 5.74) is 0.655. The van der Waals surface area contributed by atoms with Crippen molar-refractivity contribution in [2.24, 2.45) is 0 Å². The van der Waals surface area contributed by atoms with Crippen molar-refractivity contribution >= 4 is 8.72 Å². The molecular weight excluding hydrogens is 254 g/mol. The highest BCUT2D eigenvalue weighted by Gasteiger charge is 2.47. The topological polar surface area (TPSA) is 30.5 Å². The maximum absolute atomic E-state index is 6.32. The van der Waals surface area contributed by atoms with Crippen LogP contribution in [0.4, 0.5) is 0 Å². The van der Waals surface area contributed by atoms with Gasteiger partial charge in [0, 0.05) is 18.8 Å². The summed E-state index contributed by atoms with van der Waals surface area (Å²) in [4.78, 5) is 3.74. The van der Waals surface area contributed by atoms with Gasteiger partial charge in [0.15, 0.2) is 0 Å². The highest BCUT2D eigenvalue weighted by molar-refractivity contribution is 6.66. The van der Waals surface area contributed by atoms with E-state index in [9.17, 15) is 0 Å². The van der Waals surface area contributed by atoms with Gasteiger partial charge in [0.05, 0.1) is 0 Å². The first kappa shape index (κ1) is 17.1. The Bertz CT molecular complexity index is 212. The Kier molecular flexibility index (Phi) is 8.95. The van der Waals surface area contributed by atoms with Crippen LogP contribution >= 0.6 is 0 Å². The molecule has 1 saturated carbocycles. The quantitative estimate of drug-likeness (QED) is 0.458. The van der Waals surface area contributed by atoms with Gasteiger partial charge in [0.25, 0.3) is 0 Å². The minimum Gasteiger partial charge on any atom is -0.383 e. The summed E-state index contributed by atoms with van der Waals surface area (Å²) in [5.74, 6) is 0. The van der Waals surface area contributed by atoms with E-state index in [-0.39, 0.29) is 0 Å². The second-order valence-corrected chi connectivity index (χ2v) is 8.71. The van der Waals surface area contributed by atoms with Crippen LogP contribution in [0, 0.1) is 0 Å². The predicted octanol–water partition coefficient (Wildman–Crippen LogP) is 4.11. The van der Waals surface area contributed by atoms with Crippen molar-refractivity contribution in [1.82, 2.24) is 4.98 Å². The van der Waals surface area contributed by atoms with Crippen molar-refractivity contribution in [2.45, 2.75) is 77.7 Å². The van der Waals surface area contributed by atoms with Gasteiger partial charge in [-0.15, -0.1) is 0 Å². The second-order valence-electron chi connectivity index (χ2n) is 5.63. The smallest absolute Gasteiger partial charge is 0.383 e. The van der Waals surface area contributed by atoms with Gasteiger partial charge in [-0.1, -0.05) is 40.0 Å². The third-order valence-electron chi connectivity index (χ3n) is 3.84. The van der Waals surface area contributed by atoms with Crippen molar-refractivity contribution in [3.05, 3.63) is 0 Å². The van der Waals surface area contributed by atoms with E-state index in [4.69, 9.17) is 8.85 Å². The molecule has 1 aliphatic rings. The van der Waals surface area contributed by atoms with Crippen molar-refractivity contribution in [2.75, 3.05) is 19.8 Å². The molecule has 1 aliphatic carbocycles. The highest BCUT2D eigenvalue weighted by Crippen LogP contribution is 2.38. The normalized spacial score (nSPS) is 17.2. The Morgan fingerprint density at radius 2 is 1.53 bits per heavy atom. The largest absolute Gasteiger partial charge is 0.428 e. The first-order valence-electron chi connectivity index (χ1n) is 8.32. The lowest BCUT2D eigenvalue weighted by atomic mass is 10.3. The molecule has 0 spiro atoms. The summed E-state index contributed by atoms with van der Waals surface area (Å²) in [6, 6.07) is 0. The summed E-state index contributed by atoms with van der Waals surface area (Å²) in [6.45, 7) is 9.32. The minimum atomic E-state index is -2.19. The molecule has 1 rings (SSSR count). The van der Waals surface area contributed by atoms with Crippen molar-refractivity contribution in [3.63, 3.8) is 0 Å². The van der Waals surface area contributed by atoms with E-state index in [1.165, 1.54) is 38.5 Å². The summed E-state index contributed by atoms with van der Waals surface area (Å²) in [6.07, 6.45) is 9.87. The number of hydrogen-bond donors (Lipinski definition) is 1. The van der Waals surface area contributed by atoms with Crippen LogP contribution < -0.4 is 4.98 Å². The molecule has 0 saturated heterocycles. The first-order valence-corrected chi connectivity index (χ1v) is 10.2. The van der Waals surface area contributed by atoms with Crippen molar-refractivity contribution < 1.29 is 8.85 Å². The zero-order valence-corrected chi connectivity index (χ0v) is 14.2. The van der Waals surface area contributed by atoms with Gasteiger partial charge in [-0.25, -0.2) is 0 Å². The van der Waals surface area contributed by atoms with Gasteiger partial charge in [-0.2, -0.15) is 0 Å². The minimum absolute atomic E-state index is 0.655. The van der Waals surface area contributed by atoms with Crippen molar-refractivity contribution in [3.8, 4) is 0 Å². The highest BCUT2D eigenvalue weighted by atomic mass is 28.4.